The predicted octanol–water partition coefficient (Wildman–Crippen LogP) is 3.70. The number of methoxy groups -OCH3 is 1. The molecular weight excluding hydrogens is 314 g/mol. The van der Waals surface area contributed by atoms with Crippen molar-refractivity contribution >= 4 is 22.5 Å². The summed E-state index contributed by atoms with van der Waals surface area (Å²) in [5.41, 5.74) is 3.09. The van der Waals surface area contributed by atoms with Crippen molar-refractivity contribution in [3.8, 4) is 5.75 Å². The summed E-state index contributed by atoms with van der Waals surface area (Å²) in [7, 11) is 1.67. The first kappa shape index (κ1) is 15.9. The van der Waals surface area contributed by atoms with Crippen molar-refractivity contribution in [2.24, 2.45) is 0 Å². The fourth-order valence-corrected chi connectivity index (χ4v) is 3.42. The molecule has 0 radical (unpaired) electrons. The van der Waals surface area contributed by atoms with Gasteiger partial charge in [0.2, 0.25) is 0 Å². The normalized spacial score (nSPS) is 15.4. The Labute approximate surface area is 147 Å². The van der Waals surface area contributed by atoms with E-state index in [1.165, 1.54) is 37.9 Å². The third-order valence-electron chi connectivity index (χ3n) is 4.75. The molecule has 25 heavy (non-hydrogen) atoms. The molecule has 130 valence electrons. The van der Waals surface area contributed by atoms with Gasteiger partial charge >= 0.3 is 0 Å². The predicted molar refractivity (Wildman–Crippen MR) is 99.3 cm³/mol. The Hall–Kier alpha value is -2.60. The summed E-state index contributed by atoms with van der Waals surface area (Å²) in [6.45, 7) is 3.27. The van der Waals surface area contributed by atoms with Crippen molar-refractivity contribution in [3.05, 3.63) is 42.4 Å². The summed E-state index contributed by atoms with van der Waals surface area (Å²) < 4.78 is 5.22. The van der Waals surface area contributed by atoms with Gasteiger partial charge in [-0.05, 0) is 55.8 Å². The van der Waals surface area contributed by atoms with Crippen LogP contribution in [0.3, 0.4) is 0 Å². The lowest BCUT2D eigenvalue weighted by molar-refractivity contribution is 0.221. The smallest absolute Gasteiger partial charge is 0.143 e. The molecule has 4 rings (SSSR count). The number of piperidine rings is 1. The zero-order valence-corrected chi connectivity index (χ0v) is 14.5. The number of H-pyrrole nitrogens is 1. The number of anilines is 2. The van der Waals surface area contributed by atoms with Crippen molar-refractivity contribution in [3.63, 3.8) is 0 Å². The minimum absolute atomic E-state index is 0.837. The number of hydrogen-bond acceptors (Lipinski definition) is 5. The second-order valence-electron chi connectivity index (χ2n) is 6.45. The number of likely N-dealkylation sites (tertiary alicyclic amines) is 1. The Bertz CT molecular complexity index is 837. The molecule has 6 nitrogen and oxygen atoms in total. The van der Waals surface area contributed by atoms with Crippen molar-refractivity contribution < 1.29 is 4.74 Å². The molecule has 1 aliphatic rings. The summed E-state index contributed by atoms with van der Waals surface area (Å²) in [5, 5.41) is 4.49. The van der Waals surface area contributed by atoms with Crippen molar-refractivity contribution in [2.45, 2.75) is 25.8 Å². The van der Waals surface area contributed by atoms with Crippen LogP contribution >= 0.6 is 0 Å². The quantitative estimate of drug-likeness (QED) is 0.743. The second-order valence-corrected chi connectivity index (χ2v) is 6.45. The first-order valence-corrected chi connectivity index (χ1v) is 8.78. The maximum Gasteiger partial charge on any atom is 0.143 e. The molecular formula is C19H23N5O. The SMILES string of the molecule is COc1ccc(Nc2ncnc3[nH]cc(CN4CCCCC4)c23)cc1. The molecule has 1 fully saturated rings. The van der Waals surface area contributed by atoms with E-state index in [2.05, 4.69) is 31.4 Å². The molecule has 1 saturated heterocycles. The van der Waals surface area contributed by atoms with E-state index in [1.54, 1.807) is 13.4 Å². The van der Waals surface area contributed by atoms with Crippen LogP contribution in [0.4, 0.5) is 11.5 Å². The van der Waals surface area contributed by atoms with E-state index < -0.39 is 0 Å². The molecule has 1 aliphatic heterocycles. The number of nitrogens with zero attached hydrogens (tertiary/aromatic N) is 3. The van der Waals surface area contributed by atoms with Crippen LogP contribution in [0.2, 0.25) is 0 Å². The van der Waals surface area contributed by atoms with Gasteiger partial charge in [0.25, 0.3) is 0 Å². The number of hydrogen-bond donors (Lipinski definition) is 2. The largest absolute Gasteiger partial charge is 0.497 e. The highest BCUT2D eigenvalue weighted by atomic mass is 16.5. The lowest BCUT2D eigenvalue weighted by atomic mass is 10.1. The van der Waals surface area contributed by atoms with Gasteiger partial charge in [0.15, 0.2) is 0 Å². The molecule has 6 heteroatoms. The van der Waals surface area contributed by atoms with Crippen LogP contribution in [0, 0.1) is 0 Å². The highest BCUT2D eigenvalue weighted by Crippen LogP contribution is 2.28. The Kier molecular flexibility index (Phi) is 4.52. The van der Waals surface area contributed by atoms with Gasteiger partial charge in [0.05, 0.1) is 12.5 Å². The summed E-state index contributed by atoms with van der Waals surface area (Å²) in [4.78, 5) is 14.7. The van der Waals surface area contributed by atoms with E-state index in [0.29, 0.717) is 0 Å². The second kappa shape index (κ2) is 7.11. The average molecular weight is 337 g/mol. The number of rotatable bonds is 5. The zero-order chi connectivity index (χ0) is 17.1. The molecule has 0 aliphatic carbocycles. The van der Waals surface area contributed by atoms with Crippen LogP contribution in [0.15, 0.2) is 36.8 Å². The molecule has 3 aromatic rings. The third kappa shape index (κ3) is 3.44. The highest BCUT2D eigenvalue weighted by Gasteiger charge is 2.16. The summed E-state index contributed by atoms with van der Waals surface area (Å²) >= 11 is 0. The van der Waals surface area contributed by atoms with Crippen LogP contribution in [-0.2, 0) is 6.54 Å². The number of benzene rings is 1. The molecule has 3 heterocycles. The highest BCUT2D eigenvalue weighted by molar-refractivity contribution is 5.92. The van der Waals surface area contributed by atoms with Crippen LogP contribution in [0.5, 0.6) is 5.75 Å². The molecule has 0 unspecified atom stereocenters. The standard InChI is InChI=1S/C19H23N5O/c1-25-16-7-5-15(6-8-16)23-19-17-14(11-20-18(17)21-13-22-19)12-24-9-3-2-4-10-24/h5-8,11,13H,2-4,9-10,12H2,1H3,(H2,20,21,22,23). The Balaban J connectivity index is 1.62. The summed E-state index contributed by atoms with van der Waals surface area (Å²) in [6, 6.07) is 7.85. The van der Waals surface area contributed by atoms with Crippen LogP contribution in [-0.4, -0.2) is 40.1 Å². The number of ether oxygens (including phenoxy) is 1. The number of fused-ring (bicyclic) bond motifs is 1. The van der Waals surface area contributed by atoms with E-state index in [-0.39, 0.29) is 0 Å². The van der Waals surface area contributed by atoms with Crippen LogP contribution in [0.1, 0.15) is 24.8 Å². The average Bonchev–Trinajstić information content (AvgIpc) is 3.07. The van der Waals surface area contributed by atoms with E-state index in [4.69, 9.17) is 4.74 Å². The van der Waals surface area contributed by atoms with Gasteiger partial charge in [-0.15, -0.1) is 0 Å². The van der Waals surface area contributed by atoms with E-state index in [9.17, 15) is 0 Å². The molecule has 0 spiro atoms. The van der Waals surface area contributed by atoms with Gasteiger partial charge in [0, 0.05) is 18.4 Å². The molecule has 0 bridgehead atoms. The minimum Gasteiger partial charge on any atom is -0.497 e. The fraction of sp³-hybridized carbons (Fsp3) is 0.368. The van der Waals surface area contributed by atoms with Crippen LogP contribution in [0.25, 0.3) is 11.0 Å². The summed E-state index contributed by atoms with van der Waals surface area (Å²) in [6.07, 6.45) is 7.58. The first-order valence-electron chi connectivity index (χ1n) is 8.78. The van der Waals surface area contributed by atoms with Gasteiger partial charge in [-0.1, -0.05) is 6.42 Å². The molecule has 1 aromatic carbocycles. The van der Waals surface area contributed by atoms with Crippen LogP contribution < -0.4 is 10.1 Å². The van der Waals surface area contributed by atoms with Gasteiger partial charge in [-0.25, -0.2) is 9.97 Å². The molecule has 2 N–H and O–H groups in total. The lowest BCUT2D eigenvalue weighted by Gasteiger charge is -2.26. The van der Waals surface area contributed by atoms with Gasteiger partial charge < -0.3 is 15.0 Å². The van der Waals surface area contributed by atoms with Crippen molar-refractivity contribution in [1.82, 2.24) is 19.9 Å². The van der Waals surface area contributed by atoms with Gasteiger partial charge in [-0.3, -0.25) is 4.90 Å². The first-order chi connectivity index (χ1) is 12.3. The molecule has 0 saturated carbocycles. The summed E-state index contributed by atoms with van der Waals surface area (Å²) in [5.74, 6) is 1.68. The Morgan fingerprint density at radius 2 is 1.92 bits per heavy atom. The monoisotopic (exact) mass is 337 g/mol. The molecule has 2 aromatic heterocycles. The lowest BCUT2D eigenvalue weighted by Crippen LogP contribution is -2.29. The van der Waals surface area contributed by atoms with Crippen molar-refractivity contribution in [2.75, 3.05) is 25.5 Å². The number of aromatic amines is 1. The van der Waals surface area contributed by atoms with Gasteiger partial charge in [0.1, 0.15) is 23.5 Å². The number of aromatic nitrogens is 3. The molecule has 0 amide bonds. The maximum absolute atomic E-state index is 5.22. The maximum atomic E-state index is 5.22. The minimum atomic E-state index is 0.837. The number of nitrogens with one attached hydrogen (secondary N) is 2. The van der Waals surface area contributed by atoms with E-state index in [0.717, 1.165) is 34.8 Å². The van der Waals surface area contributed by atoms with E-state index in [1.807, 2.05) is 24.3 Å². The fourth-order valence-electron chi connectivity index (χ4n) is 3.42. The van der Waals surface area contributed by atoms with Crippen molar-refractivity contribution in [1.29, 1.82) is 0 Å². The molecule has 0 atom stereocenters. The van der Waals surface area contributed by atoms with E-state index >= 15 is 0 Å². The Morgan fingerprint density at radius 3 is 2.68 bits per heavy atom. The third-order valence-corrected chi connectivity index (χ3v) is 4.75. The van der Waals surface area contributed by atoms with Gasteiger partial charge in [-0.2, -0.15) is 0 Å². The Morgan fingerprint density at radius 1 is 1.12 bits per heavy atom. The topological polar surface area (TPSA) is 66.1 Å². The zero-order valence-electron chi connectivity index (χ0n) is 14.5.